The number of nitrogens with zero attached hydrogens (tertiary/aromatic N) is 1. The summed E-state index contributed by atoms with van der Waals surface area (Å²) < 4.78 is 26.1. The molecule has 0 N–H and O–H groups in total. The van der Waals surface area contributed by atoms with Crippen LogP contribution in [0, 0.1) is 0 Å². The molecule has 0 aromatic heterocycles. The maximum absolute atomic E-state index is 12.1. The Hall–Kier alpha value is -3.22. The second kappa shape index (κ2) is 11.2. The lowest BCUT2D eigenvalue weighted by Gasteiger charge is -2.29. The Balaban J connectivity index is 3.44. The smallest absolute Gasteiger partial charge is 0.329 e. The molecule has 0 bridgehead atoms. The minimum absolute atomic E-state index is 0.496. The lowest BCUT2D eigenvalue weighted by Crippen LogP contribution is -2.50. The number of hydroxylamine groups is 2. The Bertz CT molecular complexity index is 735. The second-order valence-corrected chi connectivity index (χ2v) is 6.52. The van der Waals surface area contributed by atoms with E-state index in [0.717, 1.165) is 41.5 Å². The first-order chi connectivity index (χ1) is 14.3. The normalized spacial score (nSPS) is 23.2. The highest BCUT2D eigenvalue weighted by atomic mass is 16.8. The summed E-state index contributed by atoms with van der Waals surface area (Å²) >= 11 is 0. The van der Waals surface area contributed by atoms with Crippen molar-refractivity contribution >= 4 is 35.8 Å². The van der Waals surface area contributed by atoms with Gasteiger partial charge >= 0.3 is 29.8 Å². The fourth-order valence-electron chi connectivity index (χ4n) is 2.84. The predicted molar refractivity (Wildman–Crippen MR) is 96.2 cm³/mol. The van der Waals surface area contributed by atoms with Crippen LogP contribution in [0.15, 0.2) is 0 Å². The molecule has 1 saturated heterocycles. The molecule has 5 atom stereocenters. The first-order valence-corrected chi connectivity index (χ1v) is 9.12. The zero-order chi connectivity index (χ0) is 23.9. The lowest BCUT2D eigenvalue weighted by molar-refractivity contribution is -0.250. The van der Waals surface area contributed by atoms with Crippen LogP contribution in [0.1, 0.15) is 41.5 Å². The van der Waals surface area contributed by atoms with Gasteiger partial charge in [-0.15, -0.1) is 5.06 Å². The van der Waals surface area contributed by atoms with Gasteiger partial charge in [0, 0.05) is 41.5 Å². The van der Waals surface area contributed by atoms with E-state index in [1.54, 1.807) is 0 Å². The molecule has 0 spiro atoms. The molecule has 13 nitrogen and oxygen atoms in total. The Morgan fingerprint density at radius 2 is 1.32 bits per heavy atom. The molecule has 0 aromatic carbocycles. The van der Waals surface area contributed by atoms with Crippen molar-refractivity contribution < 1.29 is 57.3 Å². The van der Waals surface area contributed by atoms with Crippen molar-refractivity contribution in [1.29, 1.82) is 0 Å². The monoisotopic (exact) mass is 447 g/mol. The van der Waals surface area contributed by atoms with Crippen molar-refractivity contribution in [1.82, 2.24) is 5.06 Å². The van der Waals surface area contributed by atoms with E-state index in [4.69, 9.17) is 28.5 Å². The standard InChI is InChI=1S/C18H25NO12/c1-8(20)19(31-13(6)25)18-17(29-12(5)24)16(28-11(4)23)15(30-18)14(27-10(3)22)7-26-9(2)21/h14-18H,7H2,1-6H3/t14-,15-,16+,17-,18-/m1/s1. The largest absolute Gasteiger partial charge is 0.462 e. The molecule has 1 heterocycles. The fourth-order valence-corrected chi connectivity index (χ4v) is 2.84. The molecule has 1 amide bonds. The number of amides is 1. The second-order valence-electron chi connectivity index (χ2n) is 6.52. The van der Waals surface area contributed by atoms with E-state index in [1.807, 2.05) is 0 Å². The number of hydrogen-bond donors (Lipinski definition) is 0. The van der Waals surface area contributed by atoms with Gasteiger partial charge in [0.1, 0.15) is 12.7 Å². The van der Waals surface area contributed by atoms with Crippen molar-refractivity contribution in [2.75, 3.05) is 6.61 Å². The molecule has 1 aliphatic heterocycles. The van der Waals surface area contributed by atoms with Gasteiger partial charge in [0.25, 0.3) is 5.91 Å². The summed E-state index contributed by atoms with van der Waals surface area (Å²) in [6.45, 7) is 5.90. The summed E-state index contributed by atoms with van der Waals surface area (Å²) in [6, 6.07) is 0. The minimum Gasteiger partial charge on any atom is -0.462 e. The van der Waals surface area contributed by atoms with Crippen LogP contribution >= 0.6 is 0 Å². The minimum atomic E-state index is -1.56. The van der Waals surface area contributed by atoms with Crippen LogP contribution in [0.25, 0.3) is 0 Å². The van der Waals surface area contributed by atoms with Crippen LogP contribution in [0.2, 0.25) is 0 Å². The molecule has 1 aliphatic rings. The van der Waals surface area contributed by atoms with Crippen molar-refractivity contribution in [3.05, 3.63) is 0 Å². The summed E-state index contributed by atoms with van der Waals surface area (Å²) in [6.07, 6.45) is -7.12. The van der Waals surface area contributed by atoms with E-state index in [2.05, 4.69) is 0 Å². The van der Waals surface area contributed by atoms with Crippen LogP contribution in [0.5, 0.6) is 0 Å². The fraction of sp³-hybridized carbons (Fsp3) is 0.667. The first kappa shape index (κ1) is 25.8. The first-order valence-electron chi connectivity index (χ1n) is 9.12. The molecular weight excluding hydrogens is 422 g/mol. The molecule has 31 heavy (non-hydrogen) atoms. The van der Waals surface area contributed by atoms with E-state index in [0.29, 0.717) is 5.06 Å². The van der Waals surface area contributed by atoms with Crippen LogP contribution < -0.4 is 0 Å². The van der Waals surface area contributed by atoms with Gasteiger partial charge in [0.05, 0.1) is 0 Å². The number of hydrogen-bond acceptors (Lipinski definition) is 12. The third-order valence-corrected chi connectivity index (χ3v) is 3.73. The van der Waals surface area contributed by atoms with Gasteiger partial charge in [-0.2, -0.15) is 0 Å². The van der Waals surface area contributed by atoms with E-state index >= 15 is 0 Å². The van der Waals surface area contributed by atoms with Gasteiger partial charge in [-0.25, -0.2) is 0 Å². The molecule has 0 aliphatic carbocycles. The molecule has 0 saturated carbocycles. The highest BCUT2D eigenvalue weighted by molar-refractivity contribution is 5.75. The SMILES string of the molecule is CC(=O)OC[C@@H](OC(C)=O)[C@H]1O[C@@H](N(OC(C)=O)C(C)=O)[C@H](OC(C)=O)[C@H]1OC(C)=O. The highest BCUT2D eigenvalue weighted by Gasteiger charge is 2.56. The van der Waals surface area contributed by atoms with E-state index in [1.165, 1.54) is 0 Å². The van der Waals surface area contributed by atoms with E-state index in [-0.39, 0.29) is 0 Å². The maximum atomic E-state index is 12.1. The molecule has 0 aromatic rings. The Kier molecular flexibility index (Phi) is 9.37. The van der Waals surface area contributed by atoms with E-state index in [9.17, 15) is 28.8 Å². The Labute approximate surface area is 177 Å². The van der Waals surface area contributed by atoms with Gasteiger partial charge < -0.3 is 28.5 Å². The van der Waals surface area contributed by atoms with Gasteiger partial charge in [0.15, 0.2) is 18.3 Å². The molecular formula is C18H25NO12. The van der Waals surface area contributed by atoms with Gasteiger partial charge in [0.2, 0.25) is 6.23 Å². The molecule has 174 valence electrons. The van der Waals surface area contributed by atoms with Crippen molar-refractivity contribution in [2.45, 2.75) is 72.2 Å². The highest BCUT2D eigenvalue weighted by Crippen LogP contribution is 2.33. The molecule has 0 radical (unpaired) electrons. The molecule has 13 heteroatoms. The number of carbonyl (C=O) groups excluding carboxylic acids is 6. The van der Waals surface area contributed by atoms with E-state index < -0.39 is 73.0 Å². The summed E-state index contributed by atoms with van der Waals surface area (Å²) in [5.41, 5.74) is 0. The number of esters is 4. The average molecular weight is 447 g/mol. The van der Waals surface area contributed by atoms with Crippen molar-refractivity contribution in [3.63, 3.8) is 0 Å². The quantitative estimate of drug-likeness (QED) is 0.277. The number of ether oxygens (including phenoxy) is 5. The number of carbonyl (C=O) groups is 6. The maximum Gasteiger partial charge on any atom is 0.329 e. The van der Waals surface area contributed by atoms with Crippen molar-refractivity contribution in [2.24, 2.45) is 0 Å². The molecule has 1 rings (SSSR count). The van der Waals surface area contributed by atoms with Gasteiger partial charge in [-0.05, 0) is 0 Å². The summed E-state index contributed by atoms with van der Waals surface area (Å²) in [5.74, 6) is -4.80. The predicted octanol–water partition coefficient (Wildman–Crippen LogP) is -0.604. The number of rotatable bonds is 7. The van der Waals surface area contributed by atoms with Crippen LogP contribution in [0.3, 0.4) is 0 Å². The summed E-state index contributed by atoms with van der Waals surface area (Å²) in [5, 5.41) is 0.503. The van der Waals surface area contributed by atoms with Crippen LogP contribution in [-0.2, 0) is 57.3 Å². The van der Waals surface area contributed by atoms with Crippen LogP contribution in [0.4, 0.5) is 0 Å². The molecule has 1 fully saturated rings. The topological polar surface area (TPSA) is 161 Å². The van der Waals surface area contributed by atoms with Gasteiger partial charge in [-0.1, -0.05) is 0 Å². The summed E-state index contributed by atoms with van der Waals surface area (Å²) in [7, 11) is 0. The Morgan fingerprint density at radius 1 is 0.774 bits per heavy atom. The van der Waals surface area contributed by atoms with Crippen molar-refractivity contribution in [3.8, 4) is 0 Å². The Morgan fingerprint density at radius 3 is 1.74 bits per heavy atom. The molecule has 0 unspecified atom stereocenters. The zero-order valence-electron chi connectivity index (χ0n) is 17.9. The summed E-state index contributed by atoms with van der Waals surface area (Å²) in [4.78, 5) is 74.6. The third-order valence-electron chi connectivity index (χ3n) is 3.73. The zero-order valence-corrected chi connectivity index (χ0v) is 17.9. The lowest BCUT2D eigenvalue weighted by atomic mass is 10.0. The van der Waals surface area contributed by atoms with Crippen LogP contribution in [-0.4, -0.2) is 78.1 Å². The average Bonchev–Trinajstić information content (AvgIpc) is 2.92. The van der Waals surface area contributed by atoms with Gasteiger partial charge in [-0.3, -0.25) is 28.8 Å². The third kappa shape index (κ3) is 7.85.